The minimum atomic E-state index is -0.249. The quantitative estimate of drug-likeness (QED) is 0.742. The number of carbonyl (C=O) groups is 1. The molecule has 7 heteroatoms. The molecule has 0 radical (unpaired) electrons. The van der Waals surface area contributed by atoms with Crippen LogP contribution in [0.5, 0.6) is 0 Å². The van der Waals surface area contributed by atoms with Crippen molar-refractivity contribution in [2.45, 2.75) is 45.6 Å². The van der Waals surface area contributed by atoms with E-state index in [0.29, 0.717) is 6.61 Å². The van der Waals surface area contributed by atoms with Gasteiger partial charge in [0.1, 0.15) is 12.4 Å². The van der Waals surface area contributed by atoms with E-state index in [1.165, 1.54) is 4.90 Å². The summed E-state index contributed by atoms with van der Waals surface area (Å²) in [5, 5.41) is 0. The lowest BCUT2D eigenvalue weighted by Crippen LogP contribution is -2.53. The average molecular weight is 338 g/mol. The van der Waals surface area contributed by atoms with Gasteiger partial charge < -0.3 is 18.9 Å². The molecule has 1 aliphatic heterocycles. The van der Waals surface area contributed by atoms with Crippen molar-refractivity contribution in [1.29, 1.82) is 0 Å². The molecule has 1 saturated heterocycles. The molecule has 2 rings (SSSR count). The van der Waals surface area contributed by atoms with Gasteiger partial charge in [-0.15, -0.1) is 0 Å². The Morgan fingerprint density at radius 3 is 2.92 bits per heavy atom. The normalized spacial score (nSPS) is 21.0. The smallest absolute Gasteiger partial charge is 0.248 e. The molecule has 2 heterocycles. The molecule has 1 aromatic heterocycles. The number of rotatable bonds is 7. The van der Waals surface area contributed by atoms with Crippen molar-refractivity contribution in [3.05, 3.63) is 18.2 Å². The molecule has 1 unspecified atom stereocenters. The van der Waals surface area contributed by atoms with Gasteiger partial charge in [0.25, 0.3) is 0 Å². The van der Waals surface area contributed by atoms with Gasteiger partial charge in [-0.2, -0.15) is 0 Å². The Kier molecular flexibility index (Phi) is 6.37. The lowest BCUT2D eigenvalue weighted by atomic mass is 10.1. The summed E-state index contributed by atoms with van der Waals surface area (Å²) in [6.45, 7) is 10.1. The Morgan fingerprint density at radius 1 is 1.50 bits per heavy atom. The summed E-state index contributed by atoms with van der Waals surface area (Å²) < 4.78 is 13.8. The van der Waals surface area contributed by atoms with Gasteiger partial charge in [0, 0.05) is 46.1 Å². The minimum absolute atomic E-state index is 0.0353. The number of morpholine rings is 1. The number of aryl methyl sites for hydroxylation is 1. The Bertz CT molecular complexity index is 542. The fourth-order valence-corrected chi connectivity index (χ4v) is 3.01. The van der Waals surface area contributed by atoms with Crippen molar-refractivity contribution < 1.29 is 14.3 Å². The van der Waals surface area contributed by atoms with Crippen molar-refractivity contribution in [1.82, 2.24) is 19.4 Å². The molecule has 7 nitrogen and oxygen atoms in total. The number of imidazole rings is 1. The molecular formula is C17H30N4O3. The molecular weight excluding hydrogens is 308 g/mol. The van der Waals surface area contributed by atoms with Gasteiger partial charge in [-0.3, -0.25) is 9.69 Å². The topological polar surface area (TPSA) is 59.8 Å². The highest BCUT2D eigenvalue weighted by Gasteiger charge is 2.34. The lowest BCUT2D eigenvalue weighted by Gasteiger charge is -2.42. The van der Waals surface area contributed by atoms with E-state index in [0.717, 1.165) is 32.0 Å². The fraction of sp³-hybridized carbons (Fsp3) is 0.765. The van der Waals surface area contributed by atoms with Crippen LogP contribution in [-0.4, -0.2) is 77.4 Å². The van der Waals surface area contributed by atoms with Crippen LogP contribution in [-0.2, 0) is 27.4 Å². The van der Waals surface area contributed by atoms with Crippen molar-refractivity contribution in [2.75, 3.05) is 40.4 Å². The fourth-order valence-electron chi connectivity index (χ4n) is 3.01. The number of ether oxygens (including phenoxy) is 2. The third-order valence-electron chi connectivity index (χ3n) is 4.09. The van der Waals surface area contributed by atoms with Gasteiger partial charge in [-0.25, -0.2) is 4.98 Å². The standard InChI is InChI=1S/C17H30N4O3/c1-6-21-8-7-18-15(21)10-20-9-14(24-17(2,3)13-20)11-23-12-16(22)19(4)5/h7-8,14H,6,9-13H2,1-5H3. The van der Waals surface area contributed by atoms with Gasteiger partial charge in [0.2, 0.25) is 5.91 Å². The highest BCUT2D eigenvalue weighted by Crippen LogP contribution is 2.22. The highest BCUT2D eigenvalue weighted by molar-refractivity contribution is 5.76. The first-order chi connectivity index (χ1) is 11.3. The molecule has 136 valence electrons. The van der Waals surface area contributed by atoms with Crippen LogP contribution in [0.25, 0.3) is 0 Å². The van der Waals surface area contributed by atoms with E-state index in [9.17, 15) is 4.79 Å². The monoisotopic (exact) mass is 338 g/mol. The minimum Gasteiger partial charge on any atom is -0.369 e. The third-order valence-corrected chi connectivity index (χ3v) is 4.09. The van der Waals surface area contributed by atoms with E-state index < -0.39 is 0 Å². The molecule has 0 bridgehead atoms. The van der Waals surface area contributed by atoms with Crippen LogP contribution in [0.15, 0.2) is 12.4 Å². The zero-order valence-corrected chi connectivity index (χ0v) is 15.5. The van der Waals surface area contributed by atoms with Crippen LogP contribution < -0.4 is 0 Å². The maximum atomic E-state index is 11.6. The molecule has 0 N–H and O–H groups in total. The highest BCUT2D eigenvalue weighted by atomic mass is 16.5. The number of amides is 1. The number of carbonyl (C=O) groups excluding carboxylic acids is 1. The molecule has 24 heavy (non-hydrogen) atoms. The van der Waals surface area contributed by atoms with Crippen molar-refractivity contribution >= 4 is 5.91 Å². The molecule has 1 aromatic rings. The first kappa shape index (κ1) is 18.9. The van der Waals surface area contributed by atoms with Gasteiger partial charge in [0.15, 0.2) is 0 Å². The van der Waals surface area contributed by atoms with Crippen LogP contribution in [0.3, 0.4) is 0 Å². The molecule has 1 aliphatic rings. The van der Waals surface area contributed by atoms with Gasteiger partial charge in [-0.05, 0) is 20.8 Å². The van der Waals surface area contributed by atoms with Crippen LogP contribution in [0.1, 0.15) is 26.6 Å². The second kappa shape index (κ2) is 8.09. The first-order valence-electron chi connectivity index (χ1n) is 8.49. The van der Waals surface area contributed by atoms with E-state index >= 15 is 0 Å². The predicted octanol–water partition coefficient (Wildman–Crippen LogP) is 0.987. The summed E-state index contributed by atoms with van der Waals surface area (Å²) in [5.41, 5.74) is -0.249. The van der Waals surface area contributed by atoms with Crippen LogP contribution in [0, 0.1) is 0 Å². The molecule has 1 amide bonds. The second-order valence-electron chi connectivity index (χ2n) is 7.10. The van der Waals surface area contributed by atoms with Crippen LogP contribution in [0.4, 0.5) is 0 Å². The summed E-state index contributed by atoms with van der Waals surface area (Å²) in [7, 11) is 3.45. The zero-order valence-electron chi connectivity index (χ0n) is 15.5. The van der Waals surface area contributed by atoms with E-state index in [1.807, 2.05) is 12.4 Å². The number of hydrogen-bond acceptors (Lipinski definition) is 5. The third kappa shape index (κ3) is 5.29. The van der Waals surface area contributed by atoms with Crippen LogP contribution in [0.2, 0.25) is 0 Å². The van der Waals surface area contributed by atoms with Gasteiger partial charge >= 0.3 is 0 Å². The Labute approximate surface area is 144 Å². The summed E-state index contributed by atoms with van der Waals surface area (Å²) in [4.78, 5) is 19.9. The number of hydrogen-bond donors (Lipinski definition) is 0. The predicted molar refractivity (Wildman–Crippen MR) is 91.6 cm³/mol. The first-order valence-corrected chi connectivity index (χ1v) is 8.49. The SMILES string of the molecule is CCn1ccnc1CN1CC(COCC(=O)N(C)C)OC(C)(C)C1. The van der Waals surface area contributed by atoms with E-state index in [1.54, 1.807) is 14.1 Å². The lowest BCUT2D eigenvalue weighted by molar-refractivity contribution is -0.161. The number of nitrogens with zero attached hydrogens (tertiary/aromatic N) is 4. The Hall–Kier alpha value is -1.44. The van der Waals surface area contributed by atoms with E-state index in [-0.39, 0.29) is 24.2 Å². The van der Waals surface area contributed by atoms with Crippen molar-refractivity contribution in [2.24, 2.45) is 0 Å². The summed E-state index contributed by atoms with van der Waals surface area (Å²) in [5.74, 6) is 1.03. The van der Waals surface area contributed by atoms with E-state index in [2.05, 4.69) is 35.2 Å². The largest absolute Gasteiger partial charge is 0.369 e. The molecule has 0 aromatic carbocycles. The van der Waals surface area contributed by atoms with Gasteiger partial charge in [0.05, 0.1) is 24.9 Å². The maximum absolute atomic E-state index is 11.6. The second-order valence-corrected chi connectivity index (χ2v) is 7.10. The van der Waals surface area contributed by atoms with Crippen LogP contribution >= 0.6 is 0 Å². The van der Waals surface area contributed by atoms with E-state index in [4.69, 9.17) is 9.47 Å². The summed E-state index contributed by atoms with van der Waals surface area (Å²) in [6, 6.07) is 0. The van der Waals surface area contributed by atoms with Crippen molar-refractivity contribution in [3.8, 4) is 0 Å². The summed E-state index contributed by atoms with van der Waals surface area (Å²) >= 11 is 0. The summed E-state index contributed by atoms with van der Waals surface area (Å²) in [6.07, 6.45) is 3.81. The molecule has 0 aliphatic carbocycles. The Morgan fingerprint density at radius 2 is 2.25 bits per heavy atom. The molecule has 0 spiro atoms. The average Bonchev–Trinajstić information content (AvgIpc) is 2.92. The molecule has 1 fully saturated rings. The number of aromatic nitrogens is 2. The maximum Gasteiger partial charge on any atom is 0.248 e. The molecule has 0 saturated carbocycles. The Balaban J connectivity index is 1.90. The molecule has 1 atom stereocenters. The van der Waals surface area contributed by atoms with Gasteiger partial charge in [-0.1, -0.05) is 0 Å². The number of likely N-dealkylation sites (N-methyl/N-ethyl adjacent to an activating group) is 1. The van der Waals surface area contributed by atoms with Crippen molar-refractivity contribution in [3.63, 3.8) is 0 Å². The zero-order chi connectivity index (χ0) is 17.7.